The van der Waals surface area contributed by atoms with Gasteiger partial charge < -0.3 is 26.0 Å². The second kappa shape index (κ2) is 101. The fourth-order valence-electron chi connectivity index (χ4n) is 0. The molecule has 5 heteroatoms. The van der Waals surface area contributed by atoms with Gasteiger partial charge in [0.15, 0.2) is 0 Å². The molecule has 0 saturated carbocycles. The molecule has 4 nitrogen and oxygen atoms in total. The molecule has 0 aliphatic rings. The third kappa shape index (κ3) is 55.3. The quantitative estimate of drug-likeness (QED) is 0.251. The molecule has 5 heavy (non-hydrogen) atoms. The van der Waals surface area contributed by atoms with Crippen LogP contribution in [-0.4, -0.2) is 0 Å². The Balaban J connectivity index is 0. The van der Waals surface area contributed by atoms with Crippen LogP contribution in [0.3, 0.4) is 0 Å². The van der Waals surface area contributed by atoms with Gasteiger partial charge in [0, 0.05) is 0 Å². The normalized spacial score (nSPS) is 0. The van der Waals surface area contributed by atoms with Crippen molar-refractivity contribution in [1.29, 1.82) is 0 Å². The summed E-state index contributed by atoms with van der Waals surface area (Å²) in [7, 11) is 0. The topological polar surface area (TPSA) is 140 Å². The summed E-state index contributed by atoms with van der Waals surface area (Å²) < 4.78 is 0. The molecule has 0 aliphatic carbocycles. The Morgan fingerprint density at radius 3 is 0.600 bits per heavy atom. The van der Waals surface area contributed by atoms with Crippen LogP contribution in [-0.2, 0) is 0 Å². The minimum absolute atomic E-state index is 0. The summed E-state index contributed by atoms with van der Waals surface area (Å²) >= 11 is 0. The minimum Gasteiger partial charge on any atom is -1.00 e. The maximum Gasteiger partial charge on any atom is 1.00 e. The van der Waals surface area contributed by atoms with Gasteiger partial charge in [-0.2, -0.15) is 0 Å². The van der Waals surface area contributed by atoms with E-state index in [1.54, 1.807) is 0 Å². The van der Waals surface area contributed by atoms with E-state index in [9.17, 15) is 0 Å². The van der Waals surface area contributed by atoms with E-state index in [1.165, 1.54) is 0 Å². The van der Waals surface area contributed by atoms with Crippen molar-refractivity contribution in [1.82, 2.24) is 24.6 Å². The van der Waals surface area contributed by atoms with E-state index in [2.05, 4.69) is 0 Å². The molecule has 34 valence electrons. The van der Waals surface area contributed by atoms with E-state index in [-0.39, 0.29) is 55.6 Å². The van der Waals surface area contributed by atoms with Gasteiger partial charge in [-0.3, -0.25) is 0 Å². The molecule has 0 aliphatic heterocycles. The summed E-state index contributed by atoms with van der Waals surface area (Å²) in [5, 5.41) is 0. The van der Waals surface area contributed by atoms with Crippen molar-refractivity contribution in [3.8, 4) is 0 Å². The Morgan fingerprint density at radius 1 is 0.600 bits per heavy atom. The molecule has 12 N–H and O–H groups in total. The van der Waals surface area contributed by atoms with Crippen molar-refractivity contribution >= 4 is 0 Å². The summed E-state index contributed by atoms with van der Waals surface area (Å²) in [6, 6.07) is 0. The fraction of sp³-hybridized carbons (Fsp3) is 0. The van der Waals surface area contributed by atoms with Crippen LogP contribution in [0.25, 0.3) is 0 Å². The zero-order chi connectivity index (χ0) is 0. The fourth-order valence-corrected chi connectivity index (χ4v) is 0. The Kier molecular flexibility index (Phi) is 3920. The smallest absolute Gasteiger partial charge is 1.00 e. The largest absolute Gasteiger partial charge is 1.00 e. The van der Waals surface area contributed by atoms with Crippen molar-refractivity contribution in [3.05, 3.63) is 0 Å². The monoisotopic (exact) mass is 92.1 g/mol. The summed E-state index contributed by atoms with van der Waals surface area (Å²) in [6.45, 7) is 0. The van der Waals surface area contributed by atoms with Gasteiger partial charge in [-0.05, 0) is 0 Å². The molecular weight excluding hydrogens is 79.0 g/mol. The van der Waals surface area contributed by atoms with Crippen LogP contribution < -0.4 is 54.2 Å². The van der Waals surface area contributed by atoms with Crippen molar-refractivity contribution in [3.63, 3.8) is 0 Å². The van der Waals surface area contributed by atoms with Gasteiger partial charge in [-0.1, -0.05) is 0 Å². The average molecular weight is 92.1 g/mol. The second-order valence-corrected chi connectivity index (χ2v) is 0. The predicted molar refractivity (Wildman–Crippen MR) is 21.2 cm³/mol. The van der Waals surface area contributed by atoms with E-state index in [0.717, 1.165) is 0 Å². The summed E-state index contributed by atoms with van der Waals surface area (Å²) in [5.41, 5.74) is 0. The van der Waals surface area contributed by atoms with Gasteiger partial charge >= 0.3 is 29.6 Å². The van der Waals surface area contributed by atoms with Crippen LogP contribution in [0.5, 0.6) is 0 Å². The molecule has 0 rings (SSSR count). The van der Waals surface area contributed by atoms with Crippen LogP contribution in [0.2, 0.25) is 0 Å². The molecule has 0 amide bonds. The standard InChI is InChI=1S/4H3N.Na.H/h4*1H3;;/q;;;;+1;-1. The first kappa shape index (κ1) is 194. The van der Waals surface area contributed by atoms with E-state index in [0.29, 0.717) is 0 Å². The predicted octanol–water partition coefficient (Wildman–Crippen LogP) is -2.24. The van der Waals surface area contributed by atoms with E-state index in [1.807, 2.05) is 0 Å². The van der Waals surface area contributed by atoms with Crippen LogP contribution in [0.1, 0.15) is 1.43 Å². The first-order valence-electron chi connectivity index (χ1n) is 0. The van der Waals surface area contributed by atoms with Crippen LogP contribution in [0.15, 0.2) is 0 Å². The van der Waals surface area contributed by atoms with E-state index in [4.69, 9.17) is 0 Å². The molecule has 0 atom stereocenters. The maximum atomic E-state index is 0. The minimum atomic E-state index is 0. The Hall–Kier alpha value is 0.840. The molecule has 0 spiro atoms. The van der Waals surface area contributed by atoms with E-state index < -0.39 is 0 Å². The first-order valence-corrected chi connectivity index (χ1v) is 0. The Labute approximate surface area is 55.8 Å². The van der Waals surface area contributed by atoms with Gasteiger partial charge in [0.1, 0.15) is 0 Å². The second-order valence-electron chi connectivity index (χ2n) is 0. The van der Waals surface area contributed by atoms with Crippen molar-refractivity contribution in [2.75, 3.05) is 0 Å². The van der Waals surface area contributed by atoms with Crippen LogP contribution >= 0.6 is 0 Å². The van der Waals surface area contributed by atoms with Crippen LogP contribution in [0, 0.1) is 0 Å². The van der Waals surface area contributed by atoms with Gasteiger partial charge in [-0.25, -0.2) is 0 Å². The van der Waals surface area contributed by atoms with E-state index >= 15 is 0 Å². The molecule has 0 radical (unpaired) electrons. The SMILES string of the molecule is N.N.N.N.[H-].[Na+]. The Bertz CT molecular complexity index is 7.51. The zero-order valence-electron chi connectivity index (χ0n) is 4.83. The molecule has 0 aromatic rings. The van der Waals surface area contributed by atoms with Gasteiger partial charge in [0.05, 0.1) is 0 Å². The molecule has 0 aromatic carbocycles. The van der Waals surface area contributed by atoms with Crippen LogP contribution in [0.4, 0.5) is 0 Å². The molecule has 0 saturated heterocycles. The molecule has 0 aromatic heterocycles. The Morgan fingerprint density at radius 2 is 0.600 bits per heavy atom. The average Bonchev–Trinajstić information content (AvgIpc) is 0. The van der Waals surface area contributed by atoms with Crippen molar-refractivity contribution in [2.24, 2.45) is 0 Å². The molecule has 0 heterocycles. The molecule has 0 bridgehead atoms. The molecule has 0 unspecified atom stereocenters. The summed E-state index contributed by atoms with van der Waals surface area (Å²) in [5.74, 6) is 0. The molecule has 0 fully saturated rings. The number of rotatable bonds is 0. The zero-order valence-corrected chi connectivity index (χ0v) is 5.83. The molecular formula is H13N4Na. The summed E-state index contributed by atoms with van der Waals surface area (Å²) in [6.07, 6.45) is 0. The van der Waals surface area contributed by atoms with Crippen molar-refractivity contribution in [2.45, 2.75) is 0 Å². The van der Waals surface area contributed by atoms with Gasteiger partial charge in [0.2, 0.25) is 0 Å². The van der Waals surface area contributed by atoms with Gasteiger partial charge in [-0.15, -0.1) is 0 Å². The third-order valence-corrected chi connectivity index (χ3v) is 0. The first-order chi connectivity index (χ1) is 0. The third-order valence-electron chi connectivity index (χ3n) is 0. The van der Waals surface area contributed by atoms with Gasteiger partial charge in [0.25, 0.3) is 0 Å². The summed E-state index contributed by atoms with van der Waals surface area (Å²) in [4.78, 5) is 0. The number of hydrogen-bond acceptors (Lipinski definition) is 4. The number of hydrogen-bond donors (Lipinski definition) is 4. The van der Waals surface area contributed by atoms with Crippen molar-refractivity contribution < 1.29 is 31.0 Å². The maximum absolute atomic E-state index is 0.